The van der Waals surface area contributed by atoms with Crippen LogP contribution >= 0.6 is 11.6 Å². The molecule has 0 aliphatic carbocycles. The monoisotopic (exact) mass is 260 g/mol. The maximum Gasteiger partial charge on any atom is 0.0764 e. The quantitative estimate of drug-likeness (QED) is 0.884. The van der Waals surface area contributed by atoms with Crippen LogP contribution in [0.2, 0.25) is 5.02 Å². The predicted octanol–water partition coefficient (Wildman–Crippen LogP) is 3.95. The molecule has 0 amide bonds. The molecule has 0 bridgehead atoms. The van der Waals surface area contributed by atoms with E-state index in [2.05, 4.69) is 23.3 Å². The second kappa shape index (κ2) is 4.87. The first-order valence-corrected chi connectivity index (χ1v) is 6.95. The van der Waals surface area contributed by atoms with E-state index in [-0.39, 0.29) is 0 Å². The van der Waals surface area contributed by atoms with Crippen molar-refractivity contribution in [1.29, 1.82) is 0 Å². The first-order valence-electron chi connectivity index (χ1n) is 6.57. The lowest BCUT2D eigenvalue weighted by molar-refractivity contribution is 0.451. The maximum absolute atomic E-state index is 6.25. The summed E-state index contributed by atoms with van der Waals surface area (Å²) in [5, 5.41) is 5.44. The van der Waals surface area contributed by atoms with Crippen LogP contribution in [0.1, 0.15) is 31.4 Å². The Balaban J connectivity index is 2.15. The molecule has 1 saturated heterocycles. The second-order valence-corrected chi connectivity index (χ2v) is 5.33. The zero-order chi connectivity index (χ0) is 12.5. The fraction of sp³-hybridized carbons (Fsp3) is 0.400. The molecule has 1 N–H and O–H groups in total. The molecule has 2 aromatic rings. The second-order valence-electron chi connectivity index (χ2n) is 4.92. The SMILES string of the molecule is CCC1CCNC1c1ccc(Cl)c2cccnc12. The van der Waals surface area contributed by atoms with E-state index in [1.165, 1.54) is 18.4 Å². The van der Waals surface area contributed by atoms with E-state index < -0.39 is 0 Å². The van der Waals surface area contributed by atoms with E-state index in [1.54, 1.807) is 0 Å². The fourth-order valence-electron chi connectivity index (χ4n) is 2.97. The third-order valence-electron chi connectivity index (χ3n) is 3.96. The summed E-state index contributed by atoms with van der Waals surface area (Å²) in [6, 6.07) is 8.53. The van der Waals surface area contributed by atoms with Crippen LogP contribution in [0.4, 0.5) is 0 Å². The molecule has 18 heavy (non-hydrogen) atoms. The lowest BCUT2D eigenvalue weighted by Crippen LogP contribution is -2.18. The molecule has 3 heteroatoms. The van der Waals surface area contributed by atoms with Crippen molar-refractivity contribution in [2.75, 3.05) is 6.54 Å². The fourth-order valence-corrected chi connectivity index (χ4v) is 3.19. The van der Waals surface area contributed by atoms with Crippen molar-refractivity contribution < 1.29 is 0 Å². The van der Waals surface area contributed by atoms with Crippen molar-refractivity contribution in [3.05, 3.63) is 41.0 Å². The van der Waals surface area contributed by atoms with Gasteiger partial charge in [-0.3, -0.25) is 4.98 Å². The lowest BCUT2D eigenvalue weighted by Gasteiger charge is -2.20. The topological polar surface area (TPSA) is 24.9 Å². The average molecular weight is 261 g/mol. The highest BCUT2D eigenvalue weighted by molar-refractivity contribution is 6.35. The van der Waals surface area contributed by atoms with Gasteiger partial charge in [0, 0.05) is 22.6 Å². The van der Waals surface area contributed by atoms with E-state index in [0.29, 0.717) is 12.0 Å². The number of nitrogens with one attached hydrogen (secondary N) is 1. The molecule has 1 fully saturated rings. The van der Waals surface area contributed by atoms with Crippen LogP contribution in [0.3, 0.4) is 0 Å². The number of halogens is 1. The highest BCUT2D eigenvalue weighted by atomic mass is 35.5. The Bertz CT molecular complexity index is 567. The largest absolute Gasteiger partial charge is 0.310 e. The lowest BCUT2D eigenvalue weighted by atomic mass is 9.91. The van der Waals surface area contributed by atoms with Crippen LogP contribution in [0.25, 0.3) is 10.9 Å². The van der Waals surface area contributed by atoms with Gasteiger partial charge in [0.25, 0.3) is 0 Å². The molecule has 0 spiro atoms. The van der Waals surface area contributed by atoms with E-state index in [4.69, 9.17) is 11.6 Å². The van der Waals surface area contributed by atoms with Crippen molar-refractivity contribution in [2.45, 2.75) is 25.8 Å². The molecule has 1 aromatic carbocycles. The molecular weight excluding hydrogens is 244 g/mol. The minimum Gasteiger partial charge on any atom is -0.310 e. The molecule has 1 aromatic heterocycles. The summed E-state index contributed by atoms with van der Waals surface area (Å²) in [4.78, 5) is 4.53. The first kappa shape index (κ1) is 11.9. The standard InChI is InChI=1S/C15H17ClN2/c1-2-10-7-9-18-14(10)12-5-6-13(16)11-4-3-8-17-15(11)12/h3-6,8,10,14,18H,2,7,9H2,1H3. The van der Waals surface area contributed by atoms with Gasteiger partial charge in [-0.15, -0.1) is 0 Å². The molecule has 3 rings (SSSR count). The number of rotatable bonds is 2. The number of aromatic nitrogens is 1. The van der Waals surface area contributed by atoms with Gasteiger partial charge in [-0.05, 0) is 42.6 Å². The molecule has 2 atom stereocenters. The predicted molar refractivity (Wildman–Crippen MR) is 75.9 cm³/mol. The Kier molecular flexibility index (Phi) is 3.23. The first-order chi connectivity index (χ1) is 8.81. The number of benzene rings is 1. The average Bonchev–Trinajstić information content (AvgIpc) is 2.88. The van der Waals surface area contributed by atoms with Gasteiger partial charge < -0.3 is 5.32 Å². The number of nitrogens with zero attached hydrogens (tertiary/aromatic N) is 1. The summed E-state index contributed by atoms with van der Waals surface area (Å²) >= 11 is 6.25. The number of hydrogen-bond donors (Lipinski definition) is 1. The molecular formula is C15H17ClN2. The van der Waals surface area contributed by atoms with E-state index in [9.17, 15) is 0 Å². The normalized spacial score (nSPS) is 23.7. The number of pyridine rings is 1. The summed E-state index contributed by atoms with van der Waals surface area (Å²) in [5.41, 5.74) is 2.34. The van der Waals surface area contributed by atoms with E-state index in [0.717, 1.165) is 22.5 Å². The third-order valence-corrected chi connectivity index (χ3v) is 4.29. The van der Waals surface area contributed by atoms with Gasteiger partial charge in [0.2, 0.25) is 0 Å². The van der Waals surface area contributed by atoms with Crippen LogP contribution in [0.5, 0.6) is 0 Å². The zero-order valence-electron chi connectivity index (χ0n) is 10.5. The molecule has 1 aliphatic heterocycles. The summed E-state index contributed by atoms with van der Waals surface area (Å²) in [6.45, 7) is 3.36. The summed E-state index contributed by atoms with van der Waals surface area (Å²) in [6.07, 6.45) is 4.30. The van der Waals surface area contributed by atoms with Crippen LogP contribution in [-0.2, 0) is 0 Å². The van der Waals surface area contributed by atoms with Gasteiger partial charge in [0.1, 0.15) is 0 Å². The van der Waals surface area contributed by atoms with Crippen molar-refractivity contribution in [3.8, 4) is 0 Å². The molecule has 94 valence electrons. The third kappa shape index (κ3) is 1.90. The van der Waals surface area contributed by atoms with Gasteiger partial charge in [-0.2, -0.15) is 0 Å². The molecule has 0 radical (unpaired) electrons. The molecule has 2 nitrogen and oxygen atoms in total. The maximum atomic E-state index is 6.25. The Hall–Kier alpha value is -1.12. The minimum atomic E-state index is 0.421. The van der Waals surface area contributed by atoms with Crippen molar-refractivity contribution in [1.82, 2.24) is 10.3 Å². The van der Waals surface area contributed by atoms with Crippen molar-refractivity contribution >= 4 is 22.5 Å². The molecule has 2 heterocycles. The van der Waals surface area contributed by atoms with Crippen LogP contribution in [-0.4, -0.2) is 11.5 Å². The van der Waals surface area contributed by atoms with Gasteiger partial charge in [0.15, 0.2) is 0 Å². The van der Waals surface area contributed by atoms with Gasteiger partial charge in [-0.1, -0.05) is 31.0 Å². The van der Waals surface area contributed by atoms with E-state index >= 15 is 0 Å². The highest BCUT2D eigenvalue weighted by Crippen LogP contribution is 2.36. The van der Waals surface area contributed by atoms with Gasteiger partial charge >= 0.3 is 0 Å². The Morgan fingerprint density at radius 1 is 1.39 bits per heavy atom. The zero-order valence-corrected chi connectivity index (χ0v) is 11.2. The number of fused-ring (bicyclic) bond motifs is 1. The highest BCUT2D eigenvalue weighted by Gasteiger charge is 2.28. The number of hydrogen-bond acceptors (Lipinski definition) is 2. The van der Waals surface area contributed by atoms with Gasteiger partial charge in [-0.25, -0.2) is 0 Å². The summed E-state index contributed by atoms with van der Waals surface area (Å²) in [7, 11) is 0. The molecule has 0 saturated carbocycles. The van der Waals surface area contributed by atoms with E-state index in [1.807, 2.05) is 24.4 Å². The Morgan fingerprint density at radius 3 is 3.11 bits per heavy atom. The molecule has 2 unspecified atom stereocenters. The summed E-state index contributed by atoms with van der Waals surface area (Å²) < 4.78 is 0. The smallest absolute Gasteiger partial charge is 0.0764 e. The van der Waals surface area contributed by atoms with Crippen molar-refractivity contribution in [3.63, 3.8) is 0 Å². The van der Waals surface area contributed by atoms with Crippen LogP contribution < -0.4 is 5.32 Å². The minimum absolute atomic E-state index is 0.421. The van der Waals surface area contributed by atoms with Crippen LogP contribution in [0.15, 0.2) is 30.5 Å². The molecule has 1 aliphatic rings. The summed E-state index contributed by atoms with van der Waals surface area (Å²) in [5.74, 6) is 0.705. The Morgan fingerprint density at radius 2 is 2.28 bits per heavy atom. The van der Waals surface area contributed by atoms with Gasteiger partial charge in [0.05, 0.1) is 5.52 Å². The van der Waals surface area contributed by atoms with Crippen molar-refractivity contribution in [2.24, 2.45) is 5.92 Å². The van der Waals surface area contributed by atoms with Crippen LogP contribution in [0, 0.1) is 5.92 Å². The Labute approximate surface area is 112 Å².